The molecule has 2 N–H and O–H groups in total. The summed E-state index contributed by atoms with van der Waals surface area (Å²) in [4.78, 5) is 32.4. The molecule has 232 valence electrons. The molecule has 0 aromatic carbocycles. The number of likely N-dealkylation sites (tertiary alicyclic amines) is 1. The van der Waals surface area contributed by atoms with Gasteiger partial charge in [-0.2, -0.15) is 31.4 Å². The molecule has 42 heavy (non-hydrogen) atoms. The minimum Gasteiger partial charge on any atom is -0.475 e. The number of imidazole rings is 1. The predicted molar refractivity (Wildman–Crippen MR) is 137 cm³/mol. The summed E-state index contributed by atoms with van der Waals surface area (Å²) in [5, 5.41) is 21.9. The van der Waals surface area contributed by atoms with Crippen LogP contribution in [0.15, 0.2) is 30.2 Å². The van der Waals surface area contributed by atoms with Crippen LogP contribution in [-0.4, -0.2) is 94.8 Å². The number of likely N-dealkylation sites (N-methyl/N-ethyl adjacent to an activating group) is 1. The summed E-state index contributed by atoms with van der Waals surface area (Å²) in [6.45, 7) is 8.58. The van der Waals surface area contributed by atoms with Crippen LogP contribution in [-0.2, 0) is 35.3 Å². The zero-order chi connectivity index (χ0) is 31.3. The Morgan fingerprint density at radius 3 is 2.02 bits per heavy atom. The molecule has 0 unspecified atom stereocenters. The van der Waals surface area contributed by atoms with Crippen LogP contribution in [0.2, 0.25) is 0 Å². The lowest BCUT2D eigenvalue weighted by molar-refractivity contribution is -0.193. The first-order valence-electron chi connectivity index (χ1n) is 12.6. The molecular formula is C24H29F6N7O4S. The van der Waals surface area contributed by atoms with Gasteiger partial charge in [0.1, 0.15) is 10.8 Å². The van der Waals surface area contributed by atoms with Gasteiger partial charge in [-0.15, -0.1) is 11.3 Å². The number of thiazole rings is 1. The van der Waals surface area contributed by atoms with E-state index in [-0.39, 0.29) is 5.54 Å². The van der Waals surface area contributed by atoms with Crippen molar-refractivity contribution in [2.45, 2.75) is 50.7 Å². The molecule has 1 spiro atoms. The van der Waals surface area contributed by atoms with Crippen LogP contribution in [0.3, 0.4) is 0 Å². The lowest BCUT2D eigenvalue weighted by Crippen LogP contribution is -2.57. The van der Waals surface area contributed by atoms with Crippen molar-refractivity contribution >= 4 is 23.3 Å². The quantitative estimate of drug-likeness (QED) is 0.416. The van der Waals surface area contributed by atoms with Crippen LogP contribution in [0.5, 0.6) is 0 Å². The molecule has 1 saturated heterocycles. The molecule has 5 rings (SSSR count). The molecular weight excluding hydrogens is 596 g/mol. The maximum absolute atomic E-state index is 10.6. The van der Waals surface area contributed by atoms with Gasteiger partial charge < -0.3 is 14.8 Å². The van der Waals surface area contributed by atoms with Crippen LogP contribution < -0.4 is 0 Å². The third kappa shape index (κ3) is 7.86. The van der Waals surface area contributed by atoms with Crippen molar-refractivity contribution < 1.29 is 46.1 Å². The second-order valence-electron chi connectivity index (χ2n) is 9.44. The second-order valence-corrected chi connectivity index (χ2v) is 10.4. The highest BCUT2D eigenvalue weighted by atomic mass is 32.1. The van der Waals surface area contributed by atoms with E-state index < -0.39 is 24.3 Å². The maximum atomic E-state index is 10.6. The summed E-state index contributed by atoms with van der Waals surface area (Å²) >= 11 is 1.75. The van der Waals surface area contributed by atoms with E-state index >= 15 is 0 Å². The number of piperidine rings is 1. The van der Waals surface area contributed by atoms with Crippen molar-refractivity contribution in [3.05, 3.63) is 41.0 Å². The highest BCUT2D eigenvalue weighted by Crippen LogP contribution is 2.42. The van der Waals surface area contributed by atoms with Gasteiger partial charge in [-0.05, 0) is 19.4 Å². The molecule has 0 aliphatic carbocycles. The van der Waals surface area contributed by atoms with Gasteiger partial charge in [-0.25, -0.2) is 19.6 Å². The van der Waals surface area contributed by atoms with Gasteiger partial charge in [0.15, 0.2) is 0 Å². The lowest BCUT2D eigenvalue weighted by atomic mass is 9.83. The summed E-state index contributed by atoms with van der Waals surface area (Å²) in [6, 6.07) is 0. The van der Waals surface area contributed by atoms with Crippen molar-refractivity contribution in [3.8, 4) is 11.3 Å². The molecule has 0 atom stereocenters. The first-order chi connectivity index (χ1) is 19.6. The molecule has 2 aliphatic heterocycles. The number of hydrogen-bond acceptors (Lipinski definition) is 8. The molecule has 18 heteroatoms. The van der Waals surface area contributed by atoms with Gasteiger partial charge in [0.2, 0.25) is 0 Å². The van der Waals surface area contributed by atoms with Crippen molar-refractivity contribution in [3.63, 3.8) is 0 Å². The third-order valence-corrected chi connectivity index (χ3v) is 7.63. The van der Waals surface area contributed by atoms with Crippen LogP contribution >= 0.6 is 11.3 Å². The fourth-order valence-electron chi connectivity index (χ4n) is 4.94. The molecule has 3 aromatic heterocycles. The highest BCUT2D eigenvalue weighted by Gasteiger charge is 2.46. The van der Waals surface area contributed by atoms with E-state index in [1.54, 1.807) is 11.3 Å². The monoisotopic (exact) mass is 625 g/mol. The normalized spacial score (nSPS) is 17.0. The fraction of sp³-hybridized carbons (Fsp3) is 0.542. The zero-order valence-electron chi connectivity index (χ0n) is 22.6. The zero-order valence-corrected chi connectivity index (χ0v) is 23.4. The number of aromatic nitrogens is 5. The number of rotatable bonds is 4. The Bertz CT molecular complexity index is 1310. The Balaban J connectivity index is 0.000000289. The third-order valence-electron chi connectivity index (χ3n) is 6.86. The minimum atomic E-state index is -5.08. The Kier molecular flexibility index (Phi) is 10.4. The van der Waals surface area contributed by atoms with Crippen molar-refractivity contribution in [2.75, 3.05) is 26.2 Å². The summed E-state index contributed by atoms with van der Waals surface area (Å²) in [7, 11) is 1.97. The van der Waals surface area contributed by atoms with Crippen LogP contribution in [0, 0.1) is 0 Å². The Morgan fingerprint density at radius 2 is 1.57 bits per heavy atom. The van der Waals surface area contributed by atoms with Crippen molar-refractivity contribution in [1.29, 1.82) is 0 Å². The SMILES string of the molecule is CCN1CCn2c(-c3cnn(C)c3)cnc2C12CCN(Cc1nccs1)CC2.O=C(O)C(F)(F)F.O=C(O)C(F)(F)F. The average Bonchev–Trinajstić information content (AvgIpc) is 3.67. The number of alkyl halides is 6. The molecule has 5 heterocycles. The van der Waals surface area contributed by atoms with Gasteiger partial charge in [-0.1, -0.05) is 6.92 Å². The van der Waals surface area contributed by atoms with E-state index in [9.17, 15) is 26.3 Å². The van der Waals surface area contributed by atoms with E-state index in [0.29, 0.717) is 0 Å². The lowest BCUT2D eigenvalue weighted by Gasteiger charge is -2.50. The number of fused-ring (bicyclic) bond motifs is 2. The Morgan fingerprint density at radius 1 is 0.976 bits per heavy atom. The number of carboxylic acids is 2. The largest absolute Gasteiger partial charge is 0.490 e. The fourth-order valence-corrected chi connectivity index (χ4v) is 5.60. The van der Waals surface area contributed by atoms with E-state index in [4.69, 9.17) is 24.8 Å². The second kappa shape index (κ2) is 13.2. The predicted octanol–water partition coefficient (Wildman–Crippen LogP) is 3.83. The summed E-state index contributed by atoms with van der Waals surface area (Å²) in [6.07, 6.45) is 0.0579. The van der Waals surface area contributed by atoms with Gasteiger partial charge in [0, 0.05) is 56.6 Å². The average molecular weight is 626 g/mol. The maximum Gasteiger partial charge on any atom is 0.490 e. The molecule has 3 aromatic rings. The number of aliphatic carboxylic acids is 2. The number of halogens is 6. The van der Waals surface area contributed by atoms with E-state index in [1.165, 1.54) is 16.5 Å². The number of aryl methyl sites for hydroxylation is 1. The van der Waals surface area contributed by atoms with Gasteiger partial charge in [0.25, 0.3) is 0 Å². The Hall–Kier alpha value is -3.51. The summed E-state index contributed by atoms with van der Waals surface area (Å²) in [5.41, 5.74) is 2.40. The molecule has 2 aliphatic rings. The van der Waals surface area contributed by atoms with Gasteiger partial charge >= 0.3 is 24.3 Å². The minimum absolute atomic E-state index is 0.0484. The van der Waals surface area contributed by atoms with E-state index in [2.05, 4.69) is 49.1 Å². The Labute approximate surface area is 240 Å². The highest BCUT2D eigenvalue weighted by molar-refractivity contribution is 7.09. The molecule has 0 bridgehead atoms. The molecule has 0 radical (unpaired) electrons. The van der Waals surface area contributed by atoms with Crippen LogP contribution in [0.4, 0.5) is 26.3 Å². The van der Waals surface area contributed by atoms with E-state index in [1.807, 2.05) is 24.1 Å². The standard InChI is InChI=1S/C20H27N7S.2C2HF3O2/c1-3-26-9-10-27-17(16-12-23-24(2)14-16)13-22-19(27)20(26)4-7-25(8-5-20)15-18-21-6-11-28-18;2*3-2(4,5)1(6)7/h6,11-14H,3-5,7-10,15H2,1-2H3;2*(H,6,7). The van der Waals surface area contributed by atoms with Crippen molar-refractivity contribution in [1.82, 2.24) is 34.1 Å². The van der Waals surface area contributed by atoms with Crippen LogP contribution in [0.25, 0.3) is 11.3 Å². The van der Waals surface area contributed by atoms with E-state index in [0.717, 1.165) is 57.7 Å². The first kappa shape index (κ1) is 33.0. The smallest absolute Gasteiger partial charge is 0.475 e. The number of carboxylic acid groups (broad SMARTS) is 2. The summed E-state index contributed by atoms with van der Waals surface area (Å²) < 4.78 is 67.8. The molecule has 11 nitrogen and oxygen atoms in total. The number of carbonyl (C=O) groups is 2. The molecule has 0 saturated carbocycles. The number of hydrogen-bond donors (Lipinski definition) is 2. The topological polar surface area (TPSA) is 130 Å². The van der Waals surface area contributed by atoms with Gasteiger partial charge in [0.05, 0.1) is 30.2 Å². The first-order valence-corrected chi connectivity index (χ1v) is 13.5. The van der Waals surface area contributed by atoms with Crippen molar-refractivity contribution in [2.24, 2.45) is 7.05 Å². The molecule has 1 fully saturated rings. The summed E-state index contributed by atoms with van der Waals surface area (Å²) in [5.74, 6) is -4.27. The van der Waals surface area contributed by atoms with Gasteiger partial charge in [-0.3, -0.25) is 14.5 Å². The molecule has 0 amide bonds. The van der Waals surface area contributed by atoms with Crippen LogP contribution in [0.1, 0.15) is 30.6 Å². The number of nitrogens with zero attached hydrogens (tertiary/aromatic N) is 7.